The summed E-state index contributed by atoms with van der Waals surface area (Å²) in [5, 5.41) is 29.6. The first-order valence-corrected chi connectivity index (χ1v) is 20.4. The van der Waals surface area contributed by atoms with Crippen molar-refractivity contribution in [3.05, 3.63) is 174 Å². The third-order valence-electron chi connectivity index (χ3n) is 11.3. The van der Waals surface area contributed by atoms with Gasteiger partial charge in [0.2, 0.25) is 0 Å². The number of hydrogen-bond donors (Lipinski definition) is 0. The van der Waals surface area contributed by atoms with Crippen LogP contribution in [0, 0.1) is 29.6 Å². The summed E-state index contributed by atoms with van der Waals surface area (Å²) in [6, 6.07) is 51.6. The smallest absolute Gasteiger partial charge is 0.0998 e. The van der Waals surface area contributed by atoms with Gasteiger partial charge < -0.3 is 9.13 Å². The number of thiophene rings is 2. The fourth-order valence-electron chi connectivity index (χ4n) is 8.90. The predicted molar refractivity (Wildman–Crippen MR) is 242 cm³/mol. The lowest BCUT2D eigenvalue weighted by Crippen LogP contribution is -1.99. The van der Waals surface area contributed by atoms with E-state index in [1.807, 2.05) is 47.8 Å². The van der Waals surface area contributed by atoms with E-state index in [0.717, 1.165) is 50.0 Å². The molecule has 0 amide bonds. The molecule has 57 heavy (non-hydrogen) atoms. The van der Waals surface area contributed by atoms with E-state index in [1.165, 1.54) is 56.9 Å². The molecule has 0 unspecified atom stereocenters. The third kappa shape index (κ3) is 4.76. The van der Waals surface area contributed by atoms with Gasteiger partial charge in [-0.05, 0) is 73.2 Å². The van der Waals surface area contributed by atoms with Gasteiger partial charge in [0.05, 0.1) is 50.0 Å². The zero-order chi connectivity index (χ0) is 38.4. The maximum atomic E-state index is 10.6. The van der Waals surface area contributed by atoms with Gasteiger partial charge >= 0.3 is 0 Å². The number of aromatic nitrogens is 2. The third-order valence-corrected chi connectivity index (χ3v) is 13.6. The molecule has 4 aromatic heterocycles. The summed E-state index contributed by atoms with van der Waals surface area (Å²) in [4.78, 5) is 1.24. The van der Waals surface area contributed by atoms with Crippen molar-refractivity contribution in [3.8, 4) is 34.6 Å². The van der Waals surface area contributed by atoms with Crippen LogP contribution in [0.15, 0.2) is 152 Å². The Kier molecular flexibility index (Phi) is 7.36. The van der Waals surface area contributed by atoms with Crippen LogP contribution in [0.1, 0.15) is 21.6 Å². The van der Waals surface area contributed by atoms with Crippen LogP contribution in [0.3, 0.4) is 0 Å². The summed E-state index contributed by atoms with van der Waals surface area (Å²) in [5.74, 6) is 0. The van der Waals surface area contributed by atoms with E-state index in [4.69, 9.17) is 0 Å². The topological polar surface area (TPSA) is 57.4 Å². The maximum absolute atomic E-state index is 10.6. The molecule has 0 bridgehead atoms. The van der Waals surface area contributed by atoms with Crippen molar-refractivity contribution in [3.63, 3.8) is 0 Å². The van der Waals surface area contributed by atoms with E-state index in [0.29, 0.717) is 11.1 Å². The number of fused-ring (bicyclic) bond motifs is 12. The molecule has 4 nitrogen and oxygen atoms in total. The van der Waals surface area contributed by atoms with Crippen LogP contribution in [-0.2, 0) is 0 Å². The van der Waals surface area contributed by atoms with Gasteiger partial charge in [-0.1, -0.05) is 97.6 Å². The standard InChI is InChI=1S/C51H30N4S2/c1-3-4-11-35-30(2)56-51-40(35)23-22-39-37-13-6-9-16-45(37)55(50(39)51)34-21-19-32(29-53)43(27-34)42-26-33(20-18-31(42)28-52)54-44-15-8-5-12-36(44)38-24-25-47-48(49(38)54)41-14-7-10-17-46(41)57-47/h3-27H,1H2,2H3/b11-4-. The maximum Gasteiger partial charge on any atom is 0.0998 e. The van der Waals surface area contributed by atoms with Crippen LogP contribution in [0.4, 0.5) is 0 Å². The number of nitrogens with zero attached hydrogens (tertiary/aromatic N) is 4. The van der Waals surface area contributed by atoms with E-state index in [2.05, 4.69) is 150 Å². The van der Waals surface area contributed by atoms with Gasteiger partial charge in [-0.2, -0.15) is 10.5 Å². The van der Waals surface area contributed by atoms with Crippen molar-refractivity contribution in [2.45, 2.75) is 6.92 Å². The molecule has 0 N–H and O–H groups in total. The predicted octanol–water partition coefficient (Wildman–Crippen LogP) is 14.4. The highest BCUT2D eigenvalue weighted by Crippen LogP contribution is 2.45. The monoisotopic (exact) mass is 762 g/mol. The molecule has 6 heteroatoms. The average molecular weight is 763 g/mol. The first kappa shape index (κ1) is 33.1. The highest BCUT2D eigenvalue weighted by molar-refractivity contribution is 7.26. The number of aryl methyl sites for hydroxylation is 1. The fourth-order valence-corrected chi connectivity index (χ4v) is 11.2. The van der Waals surface area contributed by atoms with E-state index in [-0.39, 0.29) is 0 Å². The number of hydrogen-bond acceptors (Lipinski definition) is 4. The summed E-state index contributed by atoms with van der Waals surface area (Å²) >= 11 is 3.60. The minimum absolute atomic E-state index is 0.510. The van der Waals surface area contributed by atoms with Crippen molar-refractivity contribution in [1.29, 1.82) is 10.5 Å². The summed E-state index contributed by atoms with van der Waals surface area (Å²) in [5.41, 5.74) is 9.94. The van der Waals surface area contributed by atoms with E-state index >= 15 is 0 Å². The first-order chi connectivity index (χ1) is 28.1. The van der Waals surface area contributed by atoms with Crippen LogP contribution in [0.25, 0.3) is 102 Å². The van der Waals surface area contributed by atoms with Crippen LogP contribution >= 0.6 is 22.7 Å². The zero-order valence-electron chi connectivity index (χ0n) is 30.7. The molecule has 0 aliphatic rings. The Bertz CT molecular complexity index is 3650. The minimum Gasteiger partial charge on any atom is -0.309 e. The van der Waals surface area contributed by atoms with Gasteiger partial charge in [-0.25, -0.2) is 0 Å². The highest BCUT2D eigenvalue weighted by atomic mass is 32.1. The summed E-state index contributed by atoms with van der Waals surface area (Å²) in [7, 11) is 0. The van der Waals surface area contributed by atoms with E-state index in [1.54, 1.807) is 11.3 Å². The Morgan fingerprint density at radius 1 is 0.561 bits per heavy atom. The van der Waals surface area contributed by atoms with Gasteiger partial charge in [0.25, 0.3) is 0 Å². The number of benzene rings is 7. The van der Waals surface area contributed by atoms with Crippen LogP contribution in [-0.4, -0.2) is 9.13 Å². The lowest BCUT2D eigenvalue weighted by molar-refractivity contribution is 1.18. The normalized spacial score (nSPS) is 11.9. The van der Waals surface area contributed by atoms with Crippen molar-refractivity contribution in [2.24, 2.45) is 0 Å². The van der Waals surface area contributed by atoms with E-state index < -0.39 is 0 Å². The molecule has 266 valence electrons. The molecule has 0 aliphatic carbocycles. The molecule has 0 spiro atoms. The summed E-state index contributed by atoms with van der Waals surface area (Å²) in [6.07, 6.45) is 5.94. The SMILES string of the molecule is C=C/C=C\c1c(C)sc2c1ccc1c3ccccc3n(-c3ccc(C#N)c(-c4cc(-n5c6ccccc6c6ccc7sc8ccccc8c7c65)ccc4C#N)c3)c12. The lowest BCUT2D eigenvalue weighted by atomic mass is 9.95. The van der Waals surface area contributed by atoms with Gasteiger partial charge in [0.1, 0.15) is 0 Å². The van der Waals surface area contributed by atoms with Crippen molar-refractivity contribution in [1.82, 2.24) is 9.13 Å². The van der Waals surface area contributed by atoms with Gasteiger partial charge in [0.15, 0.2) is 0 Å². The van der Waals surface area contributed by atoms with Crippen LogP contribution < -0.4 is 0 Å². The second-order valence-corrected chi connectivity index (χ2v) is 16.6. The number of nitriles is 2. The van der Waals surface area contributed by atoms with Gasteiger partial charge in [-0.15, -0.1) is 22.7 Å². The number of allylic oxidation sites excluding steroid dienone is 2. The molecule has 0 saturated heterocycles. The van der Waals surface area contributed by atoms with Crippen molar-refractivity contribution >= 4 is 103 Å². The molecule has 11 aromatic rings. The fraction of sp³-hybridized carbons (Fsp3) is 0.0196. The summed E-state index contributed by atoms with van der Waals surface area (Å²) < 4.78 is 8.35. The largest absolute Gasteiger partial charge is 0.309 e. The highest BCUT2D eigenvalue weighted by Gasteiger charge is 2.22. The first-order valence-electron chi connectivity index (χ1n) is 18.7. The van der Waals surface area contributed by atoms with Gasteiger partial charge in [0, 0.05) is 74.5 Å². The number of para-hydroxylation sites is 2. The Morgan fingerprint density at radius 3 is 1.77 bits per heavy atom. The molecule has 11 rings (SSSR count). The molecule has 0 saturated carbocycles. The molecular formula is C51H30N4S2. The Balaban J connectivity index is 1.20. The molecule has 4 heterocycles. The quantitative estimate of drug-likeness (QED) is 0.164. The molecular weight excluding hydrogens is 733 g/mol. The van der Waals surface area contributed by atoms with E-state index in [9.17, 15) is 10.5 Å². The Morgan fingerprint density at radius 2 is 1.12 bits per heavy atom. The zero-order valence-corrected chi connectivity index (χ0v) is 32.4. The Labute approximate surface area is 335 Å². The van der Waals surface area contributed by atoms with Crippen LogP contribution in [0.5, 0.6) is 0 Å². The number of rotatable bonds is 5. The lowest BCUT2D eigenvalue weighted by Gasteiger charge is -2.15. The summed E-state index contributed by atoms with van der Waals surface area (Å²) in [6.45, 7) is 6.07. The molecule has 0 atom stereocenters. The second kappa shape index (κ2) is 12.7. The minimum atomic E-state index is 0.510. The van der Waals surface area contributed by atoms with Crippen LogP contribution in [0.2, 0.25) is 0 Å². The molecule has 0 radical (unpaired) electrons. The van der Waals surface area contributed by atoms with Crippen molar-refractivity contribution in [2.75, 3.05) is 0 Å². The molecule has 0 fully saturated rings. The Hall–Kier alpha value is -7.22. The average Bonchev–Trinajstić information content (AvgIpc) is 3.99. The van der Waals surface area contributed by atoms with Gasteiger partial charge in [-0.3, -0.25) is 0 Å². The second-order valence-electron chi connectivity index (χ2n) is 14.3. The van der Waals surface area contributed by atoms with Crippen molar-refractivity contribution < 1.29 is 0 Å². The molecule has 0 aliphatic heterocycles. The molecule has 7 aromatic carbocycles.